The van der Waals surface area contributed by atoms with Gasteiger partial charge in [0.2, 0.25) is 5.95 Å². The predicted octanol–water partition coefficient (Wildman–Crippen LogP) is 3.31. The summed E-state index contributed by atoms with van der Waals surface area (Å²) in [6, 6.07) is 0. The van der Waals surface area contributed by atoms with Crippen molar-refractivity contribution in [3.63, 3.8) is 0 Å². The zero-order chi connectivity index (χ0) is 14.3. The molecular formula is C14H25FN4. The van der Waals surface area contributed by atoms with Crippen molar-refractivity contribution in [3.8, 4) is 0 Å². The van der Waals surface area contributed by atoms with Gasteiger partial charge in [0.25, 0.3) is 0 Å². The number of nitrogens with one attached hydrogen (secondary N) is 1. The molecule has 0 fully saturated rings. The molecule has 1 aromatic rings. The Hall–Kier alpha value is -1.39. The maximum Gasteiger partial charge on any atom is 0.224 e. The summed E-state index contributed by atoms with van der Waals surface area (Å²) in [6.45, 7) is 10.7. The van der Waals surface area contributed by atoms with Gasteiger partial charge in [0.1, 0.15) is 0 Å². The van der Waals surface area contributed by atoms with E-state index in [1.807, 2.05) is 11.8 Å². The van der Waals surface area contributed by atoms with E-state index in [-0.39, 0.29) is 5.82 Å². The molecule has 108 valence electrons. The summed E-state index contributed by atoms with van der Waals surface area (Å²) in [4.78, 5) is 10.2. The van der Waals surface area contributed by atoms with Gasteiger partial charge in [0.05, 0.1) is 6.20 Å². The smallest absolute Gasteiger partial charge is 0.224 e. The van der Waals surface area contributed by atoms with E-state index in [1.54, 1.807) is 0 Å². The number of hydrogen-bond donors (Lipinski definition) is 1. The molecule has 0 bridgehead atoms. The number of aromatic nitrogens is 2. The largest absolute Gasteiger partial charge is 0.354 e. The van der Waals surface area contributed by atoms with Crippen molar-refractivity contribution >= 4 is 11.8 Å². The molecule has 0 spiro atoms. The number of halogens is 1. The van der Waals surface area contributed by atoms with Crippen molar-refractivity contribution in [1.29, 1.82) is 0 Å². The third-order valence-electron chi connectivity index (χ3n) is 3.17. The minimum absolute atomic E-state index is 0.354. The van der Waals surface area contributed by atoms with Crippen LogP contribution in [0.2, 0.25) is 0 Å². The Morgan fingerprint density at radius 1 is 1.37 bits per heavy atom. The first kappa shape index (κ1) is 15.7. The lowest BCUT2D eigenvalue weighted by Crippen LogP contribution is -2.30. The normalized spacial score (nSPS) is 12.3. The van der Waals surface area contributed by atoms with Crippen LogP contribution in [0.15, 0.2) is 6.20 Å². The topological polar surface area (TPSA) is 41.1 Å². The first-order valence-corrected chi connectivity index (χ1v) is 7.13. The Labute approximate surface area is 115 Å². The summed E-state index contributed by atoms with van der Waals surface area (Å²) in [5, 5.41) is 3.09. The minimum Gasteiger partial charge on any atom is -0.354 e. The Morgan fingerprint density at radius 3 is 2.68 bits per heavy atom. The van der Waals surface area contributed by atoms with Gasteiger partial charge in [0, 0.05) is 19.6 Å². The van der Waals surface area contributed by atoms with E-state index in [4.69, 9.17) is 0 Å². The molecule has 1 rings (SSSR count). The van der Waals surface area contributed by atoms with Crippen molar-refractivity contribution in [2.75, 3.05) is 29.9 Å². The molecule has 0 radical (unpaired) electrons. The van der Waals surface area contributed by atoms with E-state index in [9.17, 15) is 4.39 Å². The molecule has 0 aromatic carbocycles. The average Bonchev–Trinajstić information content (AvgIpc) is 2.43. The van der Waals surface area contributed by atoms with Gasteiger partial charge < -0.3 is 10.2 Å². The number of rotatable bonds is 8. The highest BCUT2D eigenvalue weighted by Gasteiger charge is 2.15. The van der Waals surface area contributed by atoms with Crippen molar-refractivity contribution in [2.45, 2.75) is 40.5 Å². The lowest BCUT2D eigenvalue weighted by Gasteiger charge is -2.25. The fourth-order valence-corrected chi connectivity index (χ4v) is 1.77. The molecule has 1 aromatic heterocycles. The van der Waals surface area contributed by atoms with Gasteiger partial charge in [-0.05, 0) is 19.3 Å². The van der Waals surface area contributed by atoms with Crippen LogP contribution in [-0.2, 0) is 0 Å². The highest BCUT2D eigenvalue weighted by molar-refractivity contribution is 5.43. The number of nitrogens with zero attached hydrogens (tertiary/aromatic N) is 3. The lowest BCUT2D eigenvalue weighted by atomic mass is 10.1. The summed E-state index contributed by atoms with van der Waals surface area (Å²) >= 11 is 0. The summed E-state index contributed by atoms with van der Waals surface area (Å²) in [5.74, 6) is 1.06. The Balaban J connectivity index is 2.88. The van der Waals surface area contributed by atoms with Gasteiger partial charge in [-0.15, -0.1) is 0 Å². The summed E-state index contributed by atoms with van der Waals surface area (Å²) in [7, 11) is 0. The fraction of sp³-hybridized carbons (Fsp3) is 0.714. The monoisotopic (exact) mass is 268 g/mol. The SMILES string of the molecule is CCCNc1ncc(F)c(N(CC)CC(C)CC)n1. The molecule has 1 N–H and O–H groups in total. The van der Waals surface area contributed by atoms with Crippen molar-refractivity contribution in [2.24, 2.45) is 5.92 Å². The average molecular weight is 268 g/mol. The Kier molecular flexibility index (Phi) is 6.53. The molecular weight excluding hydrogens is 243 g/mol. The van der Waals surface area contributed by atoms with Crippen LogP contribution in [0.3, 0.4) is 0 Å². The van der Waals surface area contributed by atoms with Gasteiger partial charge in [-0.3, -0.25) is 0 Å². The molecule has 0 aliphatic rings. The van der Waals surface area contributed by atoms with E-state index in [2.05, 4.69) is 36.1 Å². The van der Waals surface area contributed by atoms with Gasteiger partial charge >= 0.3 is 0 Å². The fourth-order valence-electron chi connectivity index (χ4n) is 1.77. The van der Waals surface area contributed by atoms with Crippen LogP contribution in [0.5, 0.6) is 0 Å². The van der Waals surface area contributed by atoms with E-state index in [0.717, 1.165) is 32.5 Å². The maximum absolute atomic E-state index is 13.9. The summed E-state index contributed by atoms with van der Waals surface area (Å²) in [5.41, 5.74) is 0. The first-order valence-electron chi connectivity index (χ1n) is 7.13. The molecule has 19 heavy (non-hydrogen) atoms. The maximum atomic E-state index is 13.9. The molecule has 0 aliphatic heterocycles. The number of hydrogen-bond acceptors (Lipinski definition) is 4. The van der Waals surface area contributed by atoms with Crippen molar-refractivity contribution < 1.29 is 4.39 Å². The highest BCUT2D eigenvalue weighted by Crippen LogP contribution is 2.19. The minimum atomic E-state index is -0.354. The Morgan fingerprint density at radius 2 is 2.11 bits per heavy atom. The van der Waals surface area contributed by atoms with E-state index in [1.165, 1.54) is 6.20 Å². The van der Waals surface area contributed by atoms with Crippen LogP contribution >= 0.6 is 0 Å². The molecule has 0 amide bonds. The van der Waals surface area contributed by atoms with Crippen LogP contribution < -0.4 is 10.2 Å². The predicted molar refractivity (Wildman–Crippen MR) is 78.1 cm³/mol. The second kappa shape index (κ2) is 7.92. The van der Waals surface area contributed by atoms with Crippen LogP contribution in [0, 0.1) is 11.7 Å². The van der Waals surface area contributed by atoms with E-state index < -0.39 is 0 Å². The molecule has 1 unspecified atom stereocenters. The van der Waals surface area contributed by atoms with Crippen LogP contribution in [-0.4, -0.2) is 29.6 Å². The quantitative estimate of drug-likeness (QED) is 0.785. The lowest BCUT2D eigenvalue weighted by molar-refractivity contribution is 0.532. The molecule has 1 heterocycles. The molecule has 0 saturated heterocycles. The second-order valence-corrected chi connectivity index (χ2v) is 4.84. The van der Waals surface area contributed by atoms with Gasteiger partial charge in [-0.2, -0.15) is 4.98 Å². The molecule has 0 saturated carbocycles. The second-order valence-electron chi connectivity index (χ2n) is 4.84. The third-order valence-corrected chi connectivity index (χ3v) is 3.17. The number of anilines is 2. The zero-order valence-corrected chi connectivity index (χ0v) is 12.4. The zero-order valence-electron chi connectivity index (χ0n) is 12.4. The first-order chi connectivity index (χ1) is 9.12. The van der Waals surface area contributed by atoms with Crippen LogP contribution in [0.25, 0.3) is 0 Å². The van der Waals surface area contributed by atoms with Crippen LogP contribution in [0.1, 0.15) is 40.5 Å². The van der Waals surface area contributed by atoms with Gasteiger partial charge in [0.15, 0.2) is 11.6 Å². The standard InChI is InChI=1S/C14H25FN4/c1-5-8-16-14-17-9-12(15)13(18-14)19(7-3)10-11(4)6-2/h9,11H,5-8,10H2,1-4H3,(H,16,17,18). The molecule has 4 nitrogen and oxygen atoms in total. The van der Waals surface area contributed by atoms with Gasteiger partial charge in [-0.1, -0.05) is 27.2 Å². The third kappa shape index (κ3) is 4.65. The summed E-state index contributed by atoms with van der Waals surface area (Å²) in [6.07, 6.45) is 3.31. The van der Waals surface area contributed by atoms with Gasteiger partial charge in [-0.25, -0.2) is 9.37 Å². The van der Waals surface area contributed by atoms with Crippen molar-refractivity contribution in [1.82, 2.24) is 9.97 Å². The van der Waals surface area contributed by atoms with E-state index >= 15 is 0 Å². The Bertz CT molecular complexity index is 384. The van der Waals surface area contributed by atoms with Crippen LogP contribution in [0.4, 0.5) is 16.2 Å². The van der Waals surface area contributed by atoms with Crippen molar-refractivity contribution in [3.05, 3.63) is 12.0 Å². The molecule has 0 aliphatic carbocycles. The molecule has 1 atom stereocenters. The summed E-state index contributed by atoms with van der Waals surface area (Å²) < 4.78 is 13.9. The van der Waals surface area contributed by atoms with E-state index in [0.29, 0.717) is 17.7 Å². The highest BCUT2D eigenvalue weighted by atomic mass is 19.1. The molecule has 5 heteroatoms.